The number of nitrogens with zero attached hydrogens (tertiary/aromatic N) is 1. The molecule has 0 bridgehead atoms. The fraction of sp³-hybridized carbons (Fsp3) is 0.889. The van der Waals surface area contributed by atoms with Crippen LogP contribution in [-0.4, -0.2) is 62.9 Å². The topological polar surface area (TPSA) is 44.4 Å². The maximum absolute atomic E-state index is 12.2. The second-order valence-corrected chi connectivity index (χ2v) is 3.82. The van der Waals surface area contributed by atoms with Crippen LogP contribution in [0.25, 0.3) is 0 Å². The van der Waals surface area contributed by atoms with Crippen molar-refractivity contribution >= 4 is 5.91 Å². The lowest BCUT2D eigenvalue weighted by molar-refractivity contribution is -0.151. The van der Waals surface area contributed by atoms with Crippen molar-refractivity contribution in [2.75, 3.05) is 39.8 Å². The molecule has 0 aliphatic heterocycles. The van der Waals surface area contributed by atoms with Crippen molar-refractivity contribution in [3.05, 3.63) is 0 Å². The minimum absolute atomic E-state index is 0.102. The minimum atomic E-state index is -4.59. The molecule has 0 heterocycles. The van der Waals surface area contributed by atoms with Crippen molar-refractivity contribution in [2.45, 2.75) is 12.4 Å². The van der Waals surface area contributed by atoms with Crippen LogP contribution in [0.5, 0.6) is 0 Å². The summed E-state index contributed by atoms with van der Waals surface area (Å²) < 4.78 is 72.0. The Hall–Kier alpha value is -1.03. The monoisotopic (exact) mass is 295 g/mol. The van der Waals surface area contributed by atoms with Crippen LogP contribution in [0, 0.1) is 0 Å². The van der Waals surface area contributed by atoms with E-state index in [4.69, 9.17) is 0 Å². The predicted molar refractivity (Wildman–Crippen MR) is 55.5 cm³/mol. The number of nitrogens with one attached hydrogen (secondary N) is 2. The molecule has 0 saturated carbocycles. The standard InChI is InChI=1S/C9H15F6N3O/c1-16-2-3-18(6-9(13,14)15)4-7(19)17-5-8(10,11)12/h16H,2-6H2,1H3,(H,17,19). The highest BCUT2D eigenvalue weighted by atomic mass is 19.4. The molecule has 4 nitrogen and oxygen atoms in total. The van der Waals surface area contributed by atoms with Crippen molar-refractivity contribution in [1.82, 2.24) is 15.5 Å². The first-order valence-electron chi connectivity index (χ1n) is 5.30. The van der Waals surface area contributed by atoms with E-state index in [1.54, 1.807) is 0 Å². The highest BCUT2D eigenvalue weighted by Crippen LogP contribution is 2.16. The van der Waals surface area contributed by atoms with Gasteiger partial charge < -0.3 is 10.6 Å². The lowest BCUT2D eigenvalue weighted by Gasteiger charge is -2.23. The highest BCUT2D eigenvalue weighted by Gasteiger charge is 2.32. The van der Waals surface area contributed by atoms with Gasteiger partial charge in [0.2, 0.25) is 5.91 Å². The number of likely N-dealkylation sites (N-methyl/N-ethyl adjacent to an activating group) is 1. The van der Waals surface area contributed by atoms with E-state index in [-0.39, 0.29) is 13.1 Å². The summed E-state index contributed by atoms with van der Waals surface area (Å²) in [5.74, 6) is -1.10. The molecule has 0 fully saturated rings. The van der Waals surface area contributed by atoms with E-state index in [1.807, 2.05) is 0 Å². The zero-order valence-electron chi connectivity index (χ0n) is 10.2. The van der Waals surface area contributed by atoms with E-state index >= 15 is 0 Å². The largest absolute Gasteiger partial charge is 0.405 e. The summed E-state index contributed by atoms with van der Waals surface area (Å²) in [6.45, 7) is -3.57. The average molecular weight is 295 g/mol. The second-order valence-electron chi connectivity index (χ2n) is 3.82. The summed E-state index contributed by atoms with van der Waals surface area (Å²) in [5, 5.41) is 4.11. The first kappa shape index (κ1) is 18.0. The molecule has 0 aromatic heterocycles. The van der Waals surface area contributed by atoms with Crippen LogP contribution in [0.1, 0.15) is 0 Å². The minimum Gasteiger partial charge on any atom is -0.346 e. The van der Waals surface area contributed by atoms with E-state index in [2.05, 4.69) is 5.32 Å². The van der Waals surface area contributed by atoms with Gasteiger partial charge >= 0.3 is 12.4 Å². The van der Waals surface area contributed by atoms with Gasteiger partial charge in [-0.2, -0.15) is 26.3 Å². The SMILES string of the molecule is CNCCN(CC(=O)NCC(F)(F)F)CC(F)(F)F. The molecule has 0 radical (unpaired) electrons. The third-order valence-electron chi connectivity index (χ3n) is 1.93. The summed E-state index contributed by atoms with van der Waals surface area (Å²) in [7, 11) is 1.51. The van der Waals surface area contributed by atoms with Crippen molar-refractivity contribution in [3.8, 4) is 0 Å². The number of amides is 1. The van der Waals surface area contributed by atoms with E-state index < -0.39 is 37.9 Å². The second kappa shape index (κ2) is 7.53. The Bertz CT molecular complexity index is 278. The first-order valence-corrected chi connectivity index (χ1v) is 5.30. The summed E-state index contributed by atoms with van der Waals surface area (Å²) >= 11 is 0. The molecule has 1 amide bonds. The van der Waals surface area contributed by atoms with Crippen molar-refractivity contribution in [2.24, 2.45) is 0 Å². The van der Waals surface area contributed by atoms with Crippen molar-refractivity contribution in [3.63, 3.8) is 0 Å². The molecule has 0 saturated heterocycles. The van der Waals surface area contributed by atoms with E-state index in [0.29, 0.717) is 0 Å². The molecule has 114 valence electrons. The van der Waals surface area contributed by atoms with Gasteiger partial charge in [0, 0.05) is 13.1 Å². The quantitative estimate of drug-likeness (QED) is 0.681. The van der Waals surface area contributed by atoms with Crippen molar-refractivity contribution < 1.29 is 31.1 Å². The Morgan fingerprint density at radius 3 is 2.11 bits per heavy atom. The zero-order chi connectivity index (χ0) is 15.1. The number of halogens is 6. The van der Waals surface area contributed by atoms with Crippen LogP contribution >= 0.6 is 0 Å². The number of carbonyl (C=O) groups is 1. The number of rotatable bonds is 7. The van der Waals surface area contributed by atoms with Gasteiger partial charge in [0.1, 0.15) is 6.54 Å². The van der Waals surface area contributed by atoms with Crippen LogP contribution < -0.4 is 10.6 Å². The summed E-state index contributed by atoms with van der Waals surface area (Å²) in [6.07, 6.45) is -9.10. The lowest BCUT2D eigenvalue weighted by Crippen LogP contribution is -2.45. The fourth-order valence-corrected chi connectivity index (χ4v) is 1.20. The van der Waals surface area contributed by atoms with Crippen LogP contribution in [0.3, 0.4) is 0 Å². The van der Waals surface area contributed by atoms with Crippen molar-refractivity contribution in [1.29, 1.82) is 0 Å². The summed E-state index contributed by atoms with van der Waals surface area (Å²) in [6, 6.07) is 0. The Balaban J connectivity index is 4.26. The maximum atomic E-state index is 12.2. The van der Waals surface area contributed by atoms with Gasteiger partial charge in [0.25, 0.3) is 0 Å². The van der Waals surface area contributed by atoms with Crippen LogP contribution in [0.15, 0.2) is 0 Å². The Morgan fingerprint density at radius 1 is 1.11 bits per heavy atom. The molecule has 0 aromatic carbocycles. The maximum Gasteiger partial charge on any atom is 0.405 e. The van der Waals surface area contributed by atoms with Crippen LogP contribution in [0.2, 0.25) is 0 Å². The van der Waals surface area contributed by atoms with E-state index in [0.717, 1.165) is 4.90 Å². The van der Waals surface area contributed by atoms with Gasteiger partial charge in [-0.05, 0) is 7.05 Å². The number of hydrogen-bond acceptors (Lipinski definition) is 3. The molecule has 0 spiro atoms. The third-order valence-corrected chi connectivity index (χ3v) is 1.93. The molecule has 0 aliphatic rings. The Labute approximate surface area is 106 Å². The molecule has 0 atom stereocenters. The van der Waals surface area contributed by atoms with Gasteiger partial charge in [0.15, 0.2) is 0 Å². The number of alkyl halides is 6. The fourth-order valence-electron chi connectivity index (χ4n) is 1.20. The van der Waals surface area contributed by atoms with Gasteiger partial charge in [-0.25, -0.2) is 0 Å². The molecule has 19 heavy (non-hydrogen) atoms. The van der Waals surface area contributed by atoms with Gasteiger partial charge in [-0.15, -0.1) is 0 Å². The number of hydrogen-bond donors (Lipinski definition) is 2. The zero-order valence-corrected chi connectivity index (χ0v) is 10.2. The smallest absolute Gasteiger partial charge is 0.346 e. The Kier molecular flexibility index (Phi) is 7.12. The lowest BCUT2D eigenvalue weighted by atomic mass is 10.4. The number of carbonyl (C=O) groups excluding carboxylic acids is 1. The Morgan fingerprint density at radius 2 is 1.68 bits per heavy atom. The van der Waals surface area contributed by atoms with Crippen LogP contribution in [-0.2, 0) is 4.79 Å². The molecular formula is C9H15F6N3O. The predicted octanol–water partition coefficient (Wildman–Crippen LogP) is 0.749. The molecule has 0 unspecified atom stereocenters. The summed E-state index contributed by atoms with van der Waals surface area (Å²) in [4.78, 5) is 11.8. The molecular weight excluding hydrogens is 280 g/mol. The van der Waals surface area contributed by atoms with Gasteiger partial charge in [0.05, 0.1) is 13.1 Å². The molecule has 2 N–H and O–H groups in total. The summed E-state index contributed by atoms with van der Waals surface area (Å²) in [5.41, 5.74) is 0. The van der Waals surface area contributed by atoms with Gasteiger partial charge in [-0.1, -0.05) is 0 Å². The molecule has 0 aromatic rings. The molecule has 10 heteroatoms. The normalized spacial score (nSPS) is 12.8. The molecule has 0 rings (SSSR count). The van der Waals surface area contributed by atoms with Crippen LogP contribution in [0.4, 0.5) is 26.3 Å². The van der Waals surface area contributed by atoms with Gasteiger partial charge in [-0.3, -0.25) is 9.69 Å². The highest BCUT2D eigenvalue weighted by molar-refractivity contribution is 5.78. The average Bonchev–Trinajstić information content (AvgIpc) is 2.20. The van der Waals surface area contributed by atoms with E-state index in [9.17, 15) is 31.1 Å². The third kappa shape index (κ3) is 11.8. The van der Waals surface area contributed by atoms with E-state index in [1.165, 1.54) is 12.4 Å². The molecule has 0 aliphatic carbocycles. The first-order chi connectivity index (χ1) is 8.53.